The van der Waals surface area contributed by atoms with Gasteiger partial charge >= 0.3 is 12.0 Å². The highest BCUT2D eigenvalue weighted by molar-refractivity contribution is 5.75. The standard InChI is InChI=1S/C16H24N2O3/c1-16(2,11-9-14(19)20)17-15(21)18(3)12-10-13-7-5-4-6-8-13/h4-8H,9-12H2,1-3H3,(H,17,21)(H,19,20). The summed E-state index contributed by atoms with van der Waals surface area (Å²) in [5.74, 6) is -0.852. The van der Waals surface area contributed by atoms with Gasteiger partial charge in [0.25, 0.3) is 0 Å². The second-order valence-electron chi connectivity index (χ2n) is 5.86. The van der Waals surface area contributed by atoms with E-state index in [1.54, 1.807) is 11.9 Å². The lowest BCUT2D eigenvalue weighted by atomic mass is 9.99. The number of aliphatic carboxylic acids is 1. The number of nitrogens with one attached hydrogen (secondary N) is 1. The van der Waals surface area contributed by atoms with Crippen molar-refractivity contribution in [2.45, 2.75) is 38.6 Å². The highest BCUT2D eigenvalue weighted by Gasteiger charge is 2.23. The molecule has 1 aromatic rings. The van der Waals surface area contributed by atoms with Crippen LogP contribution in [0.2, 0.25) is 0 Å². The number of nitrogens with zero attached hydrogens (tertiary/aromatic N) is 1. The molecule has 0 radical (unpaired) electrons. The zero-order valence-electron chi connectivity index (χ0n) is 12.9. The minimum Gasteiger partial charge on any atom is -0.481 e. The van der Waals surface area contributed by atoms with Crippen LogP contribution in [0.3, 0.4) is 0 Å². The molecule has 5 heteroatoms. The summed E-state index contributed by atoms with van der Waals surface area (Å²) in [4.78, 5) is 24.3. The molecule has 0 unspecified atom stereocenters. The van der Waals surface area contributed by atoms with E-state index in [0.29, 0.717) is 13.0 Å². The van der Waals surface area contributed by atoms with Gasteiger partial charge in [0.2, 0.25) is 0 Å². The van der Waals surface area contributed by atoms with Crippen molar-refractivity contribution >= 4 is 12.0 Å². The minimum atomic E-state index is -0.852. The largest absolute Gasteiger partial charge is 0.481 e. The van der Waals surface area contributed by atoms with Crippen LogP contribution in [-0.4, -0.2) is 41.1 Å². The van der Waals surface area contributed by atoms with Gasteiger partial charge in [0.05, 0.1) is 0 Å². The Labute approximate surface area is 126 Å². The van der Waals surface area contributed by atoms with Gasteiger partial charge in [0.15, 0.2) is 0 Å². The van der Waals surface area contributed by atoms with Gasteiger partial charge < -0.3 is 15.3 Å². The molecule has 0 aliphatic carbocycles. The minimum absolute atomic E-state index is 0.0427. The highest BCUT2D eigenvalue weighted by atomic mass is 16.4. The van der Waals surface area contributed by atoms with Gasteiger partial charge in [-0.05, 0) is 32.3 Å². The maximum absolute atomic E-state index is 12.1. The van der Waals surface area contributed by atoms with Crippen LogP contribution in [0.25, 0.3) is 0 Å². The van der Waals surface area contributed by atoms with Crippen LogP contribution in [0, 0.1) is 0 Å². The van der Waals surface area contributed by atoms with Gasteiger partial charge in [-0.25, -0.2) is 4.79 Å². The molecule has 5 nitrogen and oxygen atoms in total. The van der Waals surface area contributed by atoms with Crippen molar-refractivity contribution in [3.05, 3.63) is 35.9 Å². The molecular formula is C16H24N2O3. The SMILES string of the molecule is CN(CCc1ccccc1)C(=O)NC(C)(C)CCC(=O)O. The first-order chi connectivity index (χ1) is 9.80. The zero-order valence-corrected chi connectivity index (χ0v) is 12.9. The van der Waals surface area contributed by atoms with Crippen LogP contribution in [0.1, 0.15) is 32.3 Å². The maximum Gasteiger partial charge on any atom is 0.317 e. The third-order valence-electron chi connectivity index (χ3n) is 3.33. The molecule has 0 aromatic heterocycles. The summed E-state index contributed by atoms with van der Waals surface area (Å²) >= 11 is 0. The van der Waals surface area contributed by atoms with Crippen molar-refractivity contribution in [1.82, 2.24) is 10.2 Å². The van der Waals surface area contributed by atoms with Crippen LogP contribution in [-0.2, 0) is 11.2 Å². The molecule has 0 saturated heterocycles. The summed E-state index contributed by atoms with van der Waals surface area (Å²) in [6, 6.07) is 9.80. The zero-order chi connectivity index (χ0) is 15.9. The Morgan fingerprint density at radius 1 is 1.24 bits per heavy atom. The Kier molecular flexibility index (Phi) is 6.21. The van der Waals surface area contributed by atoms with E-state index in [-0.39, 0.29) is 12.5 Å². The van der Waals surface area contributed by atoms with Crippen LogP contribution in [0.15, 0.2) is 30.3 Å². The molecule has 0 saturated carbocycles. The average molecular weight is 292 g/mol. The molecular weight excluding hydrogens is 268 g/mol. The fraction of sp³-hybridized carbons (Fsp3) is 0.500. The Morgan fingerprint density at radius 3 is 2.43 bits per heavy atom. The van der Waals surface area contributed by atoms with E-state index in [4.69, 9.17) is 5.11 Å². The fourth-order valence-electron chi connectivity index (χ4n) is 1.91. The van der Waals surface area contributed by atoms with Crippen LogP contribution in [0.4, 0.5) is 4.79 Å². The quantitative estimate of drug-likeness (QED) is 0.811. The van der Waals surface area contributed by atoms with Gasteiger partial charge in [0, 0.05) is 25.6 Å². The Balaban J connectivity index is 2.41. The number of carbonyl (C=O) groups excluding carboxylic acids is 1. The lowest BCUT2D eigenvalue weighted by Gasteiger charge is -2.29. The molecule has 1 rings (SSSR count). The number of benzene rings is 1. The van der Waals surface area contributed by atoms with E-state index in [9.17, 15) is 9.59 Å². The number of carbonyl (C=O) groups is 2. The molecule has 0 aliphatic heterocycles. The summed E-state index contributed by atoms with van der Waals surface area (Å²) in [5.41, 5.74) is 0.651. The second-order valence-corrected chi connectivity index (χ2v) is 5.86. The predicted octanol–water partition coefficient (Wildman–Crippen LogP) is 2.51. The van der Waals surface area contributed by atoms with E-state index in [2.05, 4.69) is 5.32 Å². The van der Waals surface area contributed by atoms with Crippen LogP contribution in [0.5, 0.6) is 0 Å². The first-order valence-electron chi connectivity index (χ1n) is 7.09. The lowest BCUT2D eigenvalue weighted by molar-refractivity contribution is -0.137. The molecule has 2 N–H and O–H groups in total. The van der Waals surface area contributed by atoms with E-state index in [1.807, 2.05) is 44.2 Å². The second kappa shape index (κ2) is 7.67. The van der Waals surface area contributed by atoms with Crippen molar-refractivity contribution in [2.24, 2.45) is 0 Å². The smallest absolute Gasteiger partial charge is 0.317 e. The number of hydrogen-bond acceptors (Lipinski definition) is 2. The Morgan fingerprint density at radius 2 is 1.86 bits per heavy atom. The molecule has 0 aliphatic rings. The average Bonchev–Trinajstić information content (AvgIpc) is 2.43. The number of amides is 2. The number of likely N-dealkylation sites (N-methyl/N-ethyl adjacent to an activating group) is 1. The van der Waals surface area contributed by atoms with Crippen molar-refractivity contribution < 1.29 is 14.7 Å². The van der Waals surface area contributed by atoms with Crippen molar-refractivity contribution in [3.8, 4) is 0 Å². The molecule has 0 atom stereocenters. The molecule has 21 heavy (non-hydrogen) atoms. The third kappa shape index (κ3) is 6.79. The van der Waals surface area contributed by atoms with Gasteiger partial charge in [-0.3, -0.25) is 4.79 Å². The van der Waals surface area contributed by atoms with E-state index >= 15 is 0 Å². The molecule has 0 fully saturated rings. The normalized spacial score (nSPS) is 11.0. The molecule has 0 heterocycles. The molecule has 1 aromatic carbocycles. The summed E-state index contributed by atoms with van der Waals surface area (Å²) in [6.45, 7) is 4.28. The van der Waals surface area contributed by atoms with Crippen molar-refractivity contribution in [3.63, 3.8) is 0 Å². The van der Waals surface area contributed by atoms with E-state index < -0.39 is 11.5 Å². The first-order valence-corrected chi connectivity index (χ1v) is 7.09. The summed E-state index contributed by atoms with van der Waals surface area (Å²) in [5, 5.41) is 11.6. The van der Waals surface area contributed by atoms with E-state index in [0.717, 1.165) is 6.42 Å². The number of urea groups is 1. The first kappa shape index (κ1) is 17.0. The number of rotatable bonds is 7. The number of carboxylic acids is 1. The van der Waals surface area contributed by atoms with Crippen LogP contribution < -0.4 is 5.32 Å². The maximum atomic E-state index is 12.1. The highest BCUT2D eigenvalue weighted by Crippen LogP contribution is 2.12. The topological polar surface area (TPSA) is 69.6 Å². The van der Waals surface area contributed by atoms with Gasteiger partial charge in [0.1, 0.15) is 0 Å². The Bertz CT molecular complexity index is 472. The van der Waals surface area contributed by atoms with Gasteiger partial charge in [-0.1, -0.05) is 30.3 Å². The van der Waals surface area contributed by atoms with Gasteiger partial charge in [-0.15, -0.1) is 0 Å². The Hall–Kier alpha value is -2.04. The van der Waals surface area contributed by atoms with Gasteiger partial charge in [-0.2, -0.15) is 0 Å². The molecule has 0 bridgehead atoms. The number of carboxylic acid groups (broad SMARTS) is 1. The summed E-state index contributed by atoms with van der Waals surface area (Å²) in [6.07, 6.45) is 1.24. The van der Waals surface area contributed by atoms with E-state index in [1.165, 1.54) is 5.56 Å². The summed E-state index contributed by atoms with van der Waals surface area (Å²) in [7, 11) is 1.74. The predicted molar refractivity (Wildman–Crippen MR) is 82.3 cm³/mol. The fourth-order valence-corrected chi connectivity index (χ4v) is 1.91. The van der Waals surface area contributed by atoms with Crippen LogP contribution >= 0.6 is 0 Å². The molecule has 0 spiro atoms. The van der Waals surface area contributed by atoms with Crippen molar-refractivity contribution in [1.29, 1.82) is 0 Å². The summed E-state index contributed by atoms with van der Waals surface area (Å²) < 4.78 is 0. The monoisotopic (exact) mass is 292 g/mol. The van der Waals surface area contributed by atoms with Crippen molar-refractivity contribution in [2.75, 3.05) is 13.6 Å². The lowest BCUT2D eigenvalue weighted by Crippen LogP contribution is -2.49. The molecule has 2 amide bonds. The third-order valence-corrected chi connectivity index (χ3v) is 3.33. The number of hydrogen-bond donors (Lipinski definition) is 2. The molecule has 116 valence electrons.